The Bertz CT molecular complexity index is 456. The largest absolute Gasteiger partial charge is 0.493 e. The van der Waals surface area contributed by atoms with Gasteiger partial charge in [-0.15, -0.1) is 0 Å². The summed E-state index contributed by atoms with van der Waals surface area (Å²) in [5, 5.41) is 13.2. The Morgan fingerprint density at radius 2 is 2.00 bits per heavy atom. The van der Waals surface area contributed by atoms with Gasteiger partial charge in [-0.2, -0.15) is 0 Å². The number of aliphatic hydroxyl groups is 1. The molecular formula is C16H26ClNO3. The smallest absolute Gasteiger partial charge is 0.179 e. The first-order valence-electron chi connectivity index (χ1n) is 7.15. The lowest BCUT2D eigenvalue weighted by molar-refractivity contribution is 0.154. The minimum absolute atomic E-state index is 0.0339. The van der Waals surface area contributed by atoms with Gasteiger partial charge in [-0.1, -0.05) is 11.6 Å². The molecule has 0 heterocycles. The zero-order valence-electron chi connectivity index (χ0n) is 13.5. The zero-order valence-corrected chi connectivity index (χ0v) is 14.3. The van der Waals surface area contributed by atoms with Gasteiger partial charge in [-0.25, -0.2) is 0 Å². The summed E-state index contributed by atoms with van der Waals surface area (Å²) in [7, 11) is 1.59. The van der Waals surface area contributed by atoms with Gasteiger partial charge in [0.15, 0.2) is 11.5 Å². The van der Waals surface area contributed by atoms with E-state index in [1.807, 2.05) is 12.1 Å². The maximum Gasteiger partial charge on any atom is 0.179 e. The standard InChI is InChI=1S/C16H26ClNO3/c1-11(19)6-7-21-15-13(17)8-12(9-14(15)20-5)10-18-16(2,3)4/h8-9,11,18-19H,6-7,10H2,1-5H3. The van der Waals surface area contributed by atoms with Gasteiger partial charge in [-0.3, -0.25) is 0 Å². The zero-order chi connectivity index (χ0) is 16.0. The lowest BCUT2D eigenvalue weighted by Crippen LogP contribution is -2.35. The monoisotopic (exact) mass is 315 g/mol. The van der Waals surface area contributed by atoms with Crippen LogP contribution in [0.1, 0.15) is 39.7 Å². The van der Waals surface area contributed by atoms with Crippen LogP contribution in [0, 0.1) is 0 Å². The molecule has 1 rings (SSSR count). The number of benzene rings is 1. The van der Waals surface area contributed by atoms with Crippen molar-refractivity contribution < 1.29 is 14.6 Å². The first-order valence-corrected chi connectivity index (χ1v) is 7.53. The van der Waals surface area contributed by atoms with Crippen molar-refractivity contribution in [2.24, 2.45) is 0 Å². The Kier molecular flexibility index (Phi) is 6.78. The fourth-order valence-electron chi connectivity index (χ4n) is 1.71. The van der Waals surface area contributed by atoms with Crippen molar-refractivity contribution in [2.75, 3.05) is 13.7 Å². The molecule has 0 fully saturated rings. The molecule has 0 amide bonds. The molecular weight excluding hydrogens is 290 g/mol. The van der Waals surface area contributed by atoms with Gasteiger partial charge in [0.1, 0.15) is 0 Å². The summed E-state index contributed by atoms with van der Waals surface area (Å²) in [6, 6.07) is 3.79. The highest BCUT2D eigenvalue weighted by Crippen LogP contribution is 2.36. The lowest BCUT2D eigenvalue weighted by atomic mass is 10.1. The maximum absolute atomic E-state index is 9.26. The van der Waals surface area contributed by atoms with Gasteiger partial charge < -0.3 is 19.9 Å². The summed E-state index contributed by atoms with van der Waals surface area (Å²) in [5.74, 6) is 1.14. The number of methoxy groups -OCH3 is 1. The molecule has 0 aliphatic carbocycles. The summed E-state index contributed by atoms with van der Waals surface area (Å²) in [6.45, 7) is 9.16. The predicted octanol–water partition coefficient (Wildman–Crippen LogP) is 3.39. The van der Waals surface area contributed by atoms with Crippen molar-refractivity contribution in [3.05, 3.63) is 22.7 Å². The molecule has 0 spiro atoms. The molecule has 1 atom stereocenters. The van der Waals surface area contributed by atoms with Crippen LogP contribution in [0.25, 0.3) is 0 Å². The number of aliphatic hydroxyl groups excluding tert-OH is 1. The van der Waals surface area contributed by atoms with Gasteiger partial charge >= 0.3 is 0 Å². The molecule has 0 radical (unpaired) electrons. The average Bonchev–Trinajstić information content (AvgIpc) is 2.37. The number of hydrogen-bond acceptors (Lipinski definition) is 4. The van der Waals surface area contributed by atoms with Crippen LogP contribution in [-0.2, 0) is 6.54 Å². The van der Waals surface area contributed by atoms with E-state index in [9.17, 15) is 5.11 Å². The quantitative estimate of drug-likeness (QED) is 0.810. The van der Waals surface area contributed by atoms with Crippen molar-refractivity contribution >= 4 is 11.6 Å². The van der Waals surface area contributed by atoms with Crippen LogP contribution in [0.2, 0.25) is 5.02 Å². The van der Waals surface area contributed by atoms with E-state index in [-0.39, 0.29) is 5.54 Å². The third-order valence-corrected chi connectivity index (χ3v) is 3.17. The number of nitrogens with one attached hydrogen (secondary N) is 1. The molecule has 1 aromatic carbocycles. The summed E-state index contributed by atoms with van der Waals surface area (Å²) in [5.41, 5.74) is 1.07. The maximum atomic E-state index is 9.26. The Balaban J connectivity index is 2.81. The van der Waals surface area contributed by atoms with Crippen molar-refractivity contribution in [3.8, 4) is 11.5 Å². The third-order valence-electron chi connectivity index (χ3n) is 2.89. The second kappa shape index (κ2) is 7.87. The van der Waals surface area contributed by atoms with E-state index in [1.165, 1.54) is 0 Å². The Morgan fingerprint density at radius 1 is 1.33 bits per heavy atom. The summed E-state index contributed by atoms with van der Waals surface area (Å²) < 4.78 is 11.0. The van der Waals surface area contributed by atoms with E-state index < -0.39 is 6.10 Å². The number of halogens is 1. The fraction of sp³-hybridized carbons (Fsp3) is 0.625. The second-order valence-electron chi connectivity index (χ2n) is 6.20. The van der Waals surface area contributed by atoms with Gasteiger partial charge in [0.25, 0.3) is 0 Å². The van der Waals surface area contributed by atoms with E-state index in [0.29, 0.717) is 36.1 Å². The molecule has 0 aliphatic rings. The number of hydrogen-bond donors (Lipinski definition) is 2. The molecule has 1 aromatic rings. The normalized spacial score (nSPS) is 13.1. The molecule has 1 unspecified atom stereocenters. The van der Waals surface area contributed by atoms with Gasteiger partial charge in [-0.05, 0) is 45.4 Å². The molecule has 2 N–H and O–H groups in total. The third kappa shape index (κ3) is 6.55. The van der Waals surface area contributed by atoms with Crippen LogP contribution in [0.4, 0.5) is 0 Å². The molecule has 21 heavy (non-hydrogen) atoms. The van der Waals surface area contributed by atoms with Crippen molar-refractivity contribution in [1.82, 2.24) is 5.32 Å². The van der Waals surface area contributed by atoms with E-state index in [1.54, 1.807) is 14.0 Å². The molecule has 0 saturated carbocycles. The summed E-state index contributed by atoms with van der Waals surface area (Å²) in [4.78, 5) is 0. The van der Waals surface area contributed by atoms with Crippen LogP contribution < -0.4 is 14.8 Å². The molecule has 0 saturated heterocycles. The Labute approximate surface area is 132 Å². The van der Waals surface area contributed by atoms with Gasteiger partial charge in [0.2, 0.25) is 0 Å². The fourth-order valence-corrected chi connectivity index (χ4v) is 2.00. The SMILES string of the molecule is COc1cc(CNC(C)(C)C)cc(Cl)c1OCCC(C)O. The van der Waals surface area contributed by atoms with Crippen LogP contribution >= 0.6 is 11.6 Å². The summed E-state index contributed by atoms with van der Waals surface area (Å²) >= 11 is 6.28. The van der Waals surface area contributed by atoms with E-state index in [0.717, 1.165) is 5.56 Å². The molecule has 4 nitrogen and oxygen atoms in total. The first kappa shape index (κ1) is 18.1. The van der Waals surface area contributed by atoms with Crippen molar-refractivity contribution in [2.45, 2.75) is 52.3 Å². The predicted molar refractivity (Wildman–Crippen MR) is 86.4 cm³/mol. The highest BCUT2D eigenvalue weighted by molar-refractivity contribution is 6.32. The molecule has 5 heteroatoms. The van der Waals surface area contributed by atoms with Crippen LogP contribution in [-0.4, -0.2) is 30.5 Å². The van der Waals surface area contributed by atoms with Crippen molar-refractivity contribution in [3.63, 3.8) is 0 Å². The van der Waals surface area contributed by atoms with E-state index in [2.05, 4.69) is 26.1 Å². The van der Waals surface area contributed by atoms with Gasteiger partial charge in [0.05, 0.1) is 24.8 Å². The molecule has 120 valence electrons. The Hall–Kier alpha value is -0.970. The van der Waals surface area contributed by atoms with Crippen LogP contribution in [0.15, 0.2) is 12.1 Å². The topological polar surface area (TPSA) is 50.7 Å². The second-order valence-corrected chi connectivity index (χ2v) is 6.61. The van der Waals surface area contributed by atoms with Crippen LogP contribution in [0.5, 0.6) is 11.5 Å². The molecule has 0 aromatic heterocycles. The number of rotatable bonds is 7. The van der Waals surface area contributed by atoms with Crippen LogP contribution in [0.3, 0.4) is 0 Å². The minimum atomic E-state index is -0.398. The molecule has 0 aliphatic heterocycles. The summed E-state index contributed by atoms with van der Waals surface area (Å²) in [6.07, 6.45) is 0.150. The van der Waals surface area contributed by atoms with E-state index >= 15 is 0 Å². The van der Waals surface area contributed by atoms with Gasteiger partial charge in [0, 0.05) is 18.5 Å². The van der Waals surface area contributed by atoms with E-state index in [4.69, 9.17) is 21.1 Å². The molecule has 0 bridgehead atoms. The minimum Gasteiger partial charge on any atom is -0.493 e. The first-order chi connectivity index (χ1) is 9.73. The highest BCUT2D eigenvalue weighted by atomic mass is 35.5. The number of ether oxygens (including phenoxy) is 2. The lowest BCUT2D eigenvalue weighted by Gasteiger charge is -2.21. The highest BCUT2D eigenvalue weighted by Gasteiger charge is 2.14. The average molecular weight is 316 g/mol. The Morgan fingerprint density at radius 3 is 2.52 bits per heavy atom. The van der Waals surface area contributed by atoms with Crippen molar-refractivity contribution in [1.29, 1.82) is 0 Å².